The number of hydrogen-bond acceptors (Lipinski definition) is 1. The van der Waals surface area contributed by atoms with E-state index in [1.165, 1.54) is 0 Å². The van der Waals surface area contributed by atoms with Crippen LogP contribution in [0.4, 0.5) is 0 Å². The number of rotatable bonds is 1. The number of amidine groups is 1. The van der Waals surface area contributed by atoms with E-state index in [4.69, 9.17) is 0 Å². The summed E-state index contributed by atoms with van der Waals surface area (Å²) in [5.74, 6) is 0.821. The molecule has 2 heteroatoms. The lowest BCUT2D eigenvalue weighted by Crippen LogP contribution is -1.97. The Morgan fingerprint density at radius 1 is 1.62 bits per heavy atom. The average Bonchev–Trinajstić information content (AvgIpc) is 2.14. The first-order valence-electron chi connectivity index (χ1n) is 2.71. The summed E-state index contributed by atoms with van der Waals surface area (Å²) in [5, 5.41) is 3.85. The van der Waals surface area contributed by atoms with Crippen molar-refractivity contribution < 1.29 is 0 Å². The SMILES string of the molecule is CCC1=[C][N]C(C)=N1. The molecule has 2 nitrogen and oxygen atoms in total. The van der Waals surface area contributed by atoms with Crippen LogP contribution in [-0.2, 0) is 0 Å². The van der Waals surface area contributed by atoms with E-state index in [9.17, 15) is 0 Å². The van der Waals surface area contributed by atoms with Crippen molar-refractivity contribution >= 4 is 5.84 Å². The van der Waals surface area contributed by atoms with Crippen molar-refractivity contribution in [2.75, 3.05) is 0 Å². The van der Waals surface area contributed by atoms with Gasteiger partial charge in [-0.05, 0) is 13.3 Å². The summed E-state index contributed by atoms with van der Waals surface area (Å²) in [4.78, 5) is 4.06. The molecule has 1 heterocycles. The van der Waals surface area contributed by atoms with E-state index >= 15 is 0 Å². The minimum absolute atomic E-state index is 0.821. The second-order valence-electron chi connectivity index (χ2n) is 1.68. The molecule has 0 bridgehead atoms. The van der Waals surface area contributed by atoms with Crippen molar-refractivity contribution in [2.45, 2.75) is 20.3 Å². The summed E-state index contributed by atoms with van der Waals surface area (Å²) in [7, 11) is 0. The summed E-state index contributed by atoms with van der Waals surface area (Å²) in [6.45, 7) is 3.91. The smallest absolute Gasteiger partial charge is 0.126 e. The third kappa shape index (κ3) is 0.886. The normalized spacial score (nSPS) is 17.2. The Hall–Kier alpha value is -0.790. The second kappa shape index (κ2) is 1.99. The van der Waals surface area contributed by atoms with Gasteiger partial charge in [-0.25, -0.2) is 10.3 Å². The van der Waals surface area contributed by atoms with Crippen molar-refractivity contribution in [3.05, 3.63) is 11.9 Å². The van der Waals surface area contributed by atoms with Crippen LogP contribution in [0.25, 0.3) is 0 Å². The fourth-order valence-corrected chi connectivity index (χ4v) is 0.549. The van der Waals surface area contributed by atoms with E-state index < -0.39 is 0 Å². The first-order chi connectivity index (χ1) is 3.83. The molecule has 0 amide bonds. The maximum Gasteiger partial charge on any atom is 0.126 e. The van der Waals surface area contributed by atoms with Crippen molar-refractivity contribution in [3.63, 3.8) is 0 Å². The van der Waals surface area contributed by atoms with Gasteiger partial charge in [-0.1, -0.05) is 6.92 Å². The second-order valence-corrected chi connectivity index (χ2v) is 1.68. The van der Waals surface area contributed by atoms with Crippen LogP contribution in [0.1, 0.15) is 20.3 Å². The van der Waals surface area contributed by atoms with E-state index in [1.54, 1.807) is 0 Å². The Kier molecular flexibility index (Phi) is 1.33. The molecule has 1 aliphatic rings. The van der Waals surface area contributed by atoms with Gasteiger partial charge in [0.1, 0.15) is 12.0 Å². The van der Waals surface area contributed by atoms with E-state index in [1.807, 2.05) is 13.8 Å². The van der Waals surface area contributed by atoms with Gasteiger partial charge < -0.3 is 0 Å². The molecule has 0 fully saturated rings. The molecule has 0 saturated carbocycles. The summed E-state index contributed by atoms with van der Waals surface area (Å²) in [5.41, 5.74) is 0.961. The van der Waals surface area contributed by atoms with E-state index in [2.05, 4.69) is 16.5 Å². The molecule has 0 spiro atoms. The minimum atomic E-state index is 0.821. The van der Waals surface area contributed by atoms with Crippen molar-refractivity contribution in [1.29, 1.82) is 0 Å². The van der Waals surface area contributed by atoms with Crippen LogP contribution in [0, 0.1) is 6.20 Å². The van der Waals surface area contributed by atoms with E-state index in [0.29, 0.717) is 0 Å². The third-order valence-corrected chi connectivity index (χ3v) is 0.978. The zero-order chi connectivity index (χ0) is 5.98. The summed E-state index contributed by atoms with van der Waals surface area (Å²) >= 11 is 0. The molecule has 0 N–H and O–H groups in total. The predicted molar refractivity (Wildman–Crippen MR) is 32.3 cm³/mol. The lowest BCUT2D eigenvalue weighted by molar-refractivity contribution is 1.06. The molecule has 1 aliphatic heterocycles. The highest BCUT2D eigenvalue weighted by molar-refractivity contribution is 5.82. The van der Waals surface area contributed by atoms with Gasteiger partial charge in [0.05, 0.1) is 5.70 Å². The summed E-state index contributed by atoms with van der Waals surface area (Å²) in [6.07, 6.45) is 3.73. The molecule has 0 saturated heterocycles. The lowest BCUT2D eigenvalue weighted by Gasteiger charge is -1.82. The van der Waals surface area contributed by atoms with Crippen molar-refractivity contribution in [3.8, 4) is 0 Å². The van der Waals surface area contributed by atoms with Gasteiger partial charge in [0.15, 0.2) is 0 Å². The zero-order valence-corrected chi connectivity index (χ0v) is 5.10. The Balaban J connectivity index is 2.58. The van der Waals surface area contributed by atoms with Gasteiger partial charge in [-0.15, -0.1) is 0 Å². The third-order valence-electron chi connectivity index (χ3n) is 0.978. The van der Waals surface area contributed by atoms with E-state index in [0.717, 1.165) is 18.0 Å². The predicted octanol–water partition coefficient (Wildman–Crippen LogP) is 1.08. The molecular weight excluding hydrogens is 100 g/mol. The number of allylic oxidation sites excluding steroid dienone is 1. The van der Waals surface area contributed by atoms with Crippen molar-refractivity contribution in [1.82, 2.24) is 5.32 Å². The molecule has 2 radical (unpaired) electrons. The highest BCUT2D eigenvalue weighted by Crippen LogP contribution is 2.05. The van der Waals surface area contributed by atoms with Crippen LogP contribution in [0.5, 0.6) is 0 Å². The first-order valence-corrected chi connectivity index (χ1v) is 2.71. The highest BCUT2D eigenvalue weighted by Gasteiger charge is 2.01. The summed E-state index contributed by atoms with van der Waals surface area (Å²) < 4.78 is 0. The van der Waals surface area contributed by atoms with Crippen LogP contribution in [0.3, 0.4) is 0 Å². The Bertz CT molecular complexity index is 145. The maximum atomic E-state index is 4.06. The molecule has 0 aliphatic carbocycles. The molecule has 0 atom stereocenters. The topological polar surface area (TPSA) is 26.5 Å². The number of aliphatic imine (C=N–C) groups is 1. The molecule has 0 aromatic heterocycles. The van der Waals surface area contributed by atoms with Gasteiger partial charge >= 0.3 is 0 Å². The monoisotopic (exact) mass is 108 g/mol. The van der Waals surface area contributed by atoms with E-state index in [-0.39, 0.29) is 0 Å². The molecule has 0 aromatic rings. The number of nitrogens with zero attached hydrogens (tertiary/aromatic N) is 2. The fraction of sp³-hybridized carbons (Fsp3) is 0.500. The van der Waals surface area contributed by atoms with Gasteiger partial charge in [0.2, 0.25) is 0 Å². The quantitative estimate of drug-likeness (QED) is 0.480. The Morgan fingerprint density at radius 3 is 2.62 bits per heavy atom. The maximum absolute atomic E-state index is 4.06. The lowest BCUT2D eigenvalue weighted by atomic mass is 10.4. The first kappa shape index (κ1) is 5.35. The molecule has 0 unspecified atom stereocenters. The molecule has 0 aromatic carbocycles. The van der Waals surface area contributed by atoms with Crippen LogP contribution in [-0.4, -0.2) is 5.84 Å². The molecule has 42 valence electrons. The van der Waals surface area contributed by atoms with Gasteiger partial charge in [0.25, 0.3) is 0 Å². The minimum Gasteiger partial charge on any atom is -0.236 e. The van der Waals surface area contributed by atoms with Gasteiger partial charge in [-0.3, -0.25) is 0 Å². The number of hydrogen-bond donors (Lipinski definition) is 0. The standard InChI is InChI=1S/C6H8N2/c1-3-6-4-7-5(2)8-6/h3H2,1-2H3. The molecule has 1 rings (SSSR count). The van der Waals surface area contributed by atoms with Crippen LogP contribution >= 0.6 is 0 Å². The fourth-order valence-electron chi connectivity index (χ4n) is 0.549. The average molecular weight is 108 g/mol. The molecular formula is C6H8N2. The van der Waals surface area contributed by atoms with Gasteiger partial charge in [-0.2, -0.15) is 0 Å². The van der Waals surface area contributed by atoms with Crippen LogP contribution in [0.15, 0.2) is 10.7 Å². The largest absolute Gasteiger partial charge is 0.236 e. The Morgan fingerprint density at radius 2 is 2.38 bits per heavy atom. The molecule has 8 heavy (non-hydrogen) atoms. The van der Waals surface area contributed by atoms with Crippen LogP contribution in [0.2, 0.25) is 0 Å². The Labute approximate surface area is 49.3 Å². The highest BCUT2D eigenvalue weighted by atomic mass is 15.0. The zero-order valence-electron chi connectivity index (χ0n) is 5.10. The summed E-state index contributed by atoms with van der Waals surface area (Å²) in [6, 6.07) is 0. The van der Waals surface area contributed by atoms with Crippen molar-refractivity contribution in [2.24, 2.45) is 4.99 Å². The van der Waals surface area contributed by atoms with Crippen LogP contribution < -0.4 is 5.32 Å². The van der Waals surface area contributed by atoms with Gasteiger partial charge in [0, 0.05) is 0 Å².